The molecule has 0 spiro atoms. The Balaban J connectivity index is 3.72. The van der Waals surface area contributed by atoms with Crippen LogP contribution < -0.4 is 0 Å². The highest BCUT2D eigenvalue weighted by Crippen LogP contribution is 2.13. The lowest BCUT2D eigenvalue weighted by atomic mass is 9.99. The van der Waals surface area contributed by atoms with Crippen LogP contribution >= 0.6 is 9.24 Å². The van der Waals surface area contributed by atoms with Gasteiger partial charge in [0.25, 0.3) is 0 Å². The molecule has 0 saturated heterocycles. The molecular weight excluding hydrogens is 147 g/mol. The van der Waals surface area contributed by atoms with E-state index in [1.165, 1.54) is 0 Å². The largest absolute Gasteiger partial charge is 0.481 e. The van der Waals surface area contributed by atoms with Crippen LogP contribution in [0, 0.1) is 11.8 Å². The van der Waals surface area contributed by atoms with Crippen LogP contribution in [0.15, 0.2) is 0 Å². The first-order valence-corrected chi connectivity index (χ1v) is 4.32. The Morgan fingerprint density at radius 1 is 1.60 bits per heavy atom. The van der Waals surface area contributed by atoms with Gasteiger partial charge in [0.2, 0.25) is 0 Å². The summed E-state index contributed by atoms with van der Waals surface area (Å²) in [6, 6.07) is 0. The summed E-state index contributed by atoms with van der Waals surface area (Å²) in [5.41, 5.74) is 0. The fraction of sp³-hybridized carbons (Fsp3) is 0.857. The van der Waals surface area contributed by atoms with Crippen LogP contribution in [-0.4, -0.2) is 17.2 Å². The van der Waals surface area contributed by atoms with Gasteiger partial charge in [-0.05, 0) is 18.5 Å². The van der Waals surface area contributed by atoms with E-state index in [0.717, 1.165) is 6.42 Å². The molecule has 0 aliphatic heterocycles. The average molecular weight is 162 g/mol. The fourth-order valence-electron chi connectivity index (χ4n) is 0.867. The fourth-order valence-corrected chi connectivity index (χ4v) is 1.26. The molecule has 0 rings (SSSR count). The Labute approximate surface area is 64.2 Å². The zero-order valence-electron chi connectivity index (χ0n) is 6.50. The predicted molar refractivity (Wildman–Crippen MR) is 45.2 cm³/mol. The SMILES string of the molecule is CC(C)CC(CP)C(=O)O. The van der Waals surface area contributed by atoms with Gasteiger partial charge in [-0.3, -0.25) is 4.79 Å². The minimum Gasteiger partial charge on any atom is -0.481 e. The first kappa shape index (κ1) is 9.90. The zero-order chi connectivity index (χ0) is 8.15. The van der Waals surface area contributed by atoms with Crippen molar-refractivity contribution >= 4 is 15.2 Å². The monoisotopic (exact) mass is 162 g/mol. The lowest BCUT2D eigenvalue weighted by Gasteiger charge is -2.10. The maximum atomic E-state index is 10.5. The van der Waals surface area contributed by atoms with Gasteiger partial charge < -0.3 is 5.11 Å². The van der Waals surface area contributed by atoms with Gasteiger partial charge >= 0.3 is 5.97 Å². The third-order valence-electron chi connectivity index (χ3n) is 1.39. The van der Waals surface area contributed by atoms with E-state index in [4.69, 9.17) is 5.11 Å². The first-order valence-electron chi connectivity index (χ1n) is 3.50. The van der Waals surface area contributed by atoms with Gasteiger partial charge in [-0.15, -0.1) is 9.24 Å². The normalized spacial score (nSPS) is 13.6. The Morgan fingerprint density at radius 2 is 2.10 bits per heavy atom. The quantitative estimate of drug-likeness (QED) is 0.637. The van der Waals surface area contributed by atoms with Gasteiger partial charge in [0.15, 0.2) is 0 Å². The lowest BCUT2D eigenvalue weighted by Crippen LogP contribution is -2.16. The van der Waals surface area contributed by atoms with Gasteiger partial charge in [-0.25, -0.2) is 0 Å². The molecule has 0 aromatic heterocycles. The summed E-state index contributed by atoms with van der Waals surface area (Å²) in [5, 5.41) is 8.61. The summed E-state index contributed by atoms with van der Waals surface area (Å²) in [6.45, 7) is 4.08. The number of carbonyl (C=O) groups is 1. The third-order valence-corrected chi connectivity index (χ3v) is 1.96. The van der Waals surface area contributed by atoms with E-state index < -0.39 is 5.97 Å². The van der Waals surface area contributed by atoms with E-state index >= 15 is 0 Å². The van der Waals surface area contributed by atoms with Crippen LogP contribution in [-0.2, 0) is 4.79 Å². The van der Waals surface area contributed by atoms with Gasteiger partial charge in [-0.1, -0.05) is 13.8 Å². The molecular formula is C7H15O2P. The molecule has 2 atom stereocenters. The van der Waals surface area contributed by atoms with Crippen LogP contribution in [0.2, 0.25) is 0 Å². The highest BCUT2D eigenvalue weighted by molar-refractivity contribution is 7.16. The van der Waals surface area contributed by atoms with Crippen LogP contribution in [0.5, 0.6) is 0 Å². The van der Waals surface area contributed by atoms with Crippen molar-refractivity contribution in [3.63, 3.8) is 0 Å². The highest BCUT2D eigenvalue weighted by Gasteiger charge is 2.15. The first-order chi connectivity index (χ1) is 4.57. The Hall–Kier alpha value is -0.100. The molecule has 10 heavy (non-hydrogen) atoms. The Bertz CT molecular complexity index is 112. The molecule has 1 N–H and O–H groups in total. The van der Waals surface area contributed by atoms with Crippen molar-refractivity contribution < 1.29 is 9.90 Å². The topological polar surface area (TPSA) is 37.3 Å². The smallest absolute Gasteiger partial charge is 0.306 e. The lowest BCUT2D eigenvalue weighted by molar-refractivity contribution is -0.141. The molecule has 60 valence electrons. The maximum Gasteiger partial charge on any atom is 0.306 e. The molecule has 2 nitrogen and oxygen atoms in total. The minimum atomic E-state index is -0.677. The summed E-state index contributed by atoms with van der Waals surface area (Å²) in [4.78, 5) is 10.5. The summed E-state index contributed by atoms with van der Waals surface area (Å²) < 4.78 is 0. The number of carboxylic acids is 1. The predicted octanol–water partition coefficient (Wildman–Crippen LogP) is 1.61. The maximum absolute atomic E-state index is 10.5. The molecule has 0 aliphatic carbocycles. The van der Waals surface area contributed by atoms with Crippen LogP contribution in [0.4, 0.5) is 0 Å². The molecule has 0 aromatic rings. The van der Waals surface area contributed by atoms with Gasteiger partial charge in [0.05, 0.1) is 5.92 Å². The molecule has 3 heteroatoms. The van der Waals surface area contributed by atoms with Crippen LogP contribution in [0.1, 0.15) is 20.3 Å². The Morgan fingerprint density at radius 3 is 2.20 bits per heavy atom. The number of carboxylic acid groups (broad SMARTS) is 1. The standard InChI is InChI=1S/C7H15O2P/c1-5(2)3-6(4-10)7(8)9/h5-6H,3-4,10H2,1-2H3,(H,8,9). The second kappa shape index (κ2) is 4.68. The van der Waals surface area contributed by atoms with Gasteiger partial charge in [-0.2, -0.15) is 0 Å². The molecule has 0 bridgehead atoms. The van der Waals surface area contributed by atoms with Crippen molar-refractivity contribution in [2.45, 2.75) is 20.3 Å². The van der Waals surface area contributed by atoms with E-state index in [0.29, 0.717) is 12.1 Å². The van der Waals surface area contributed by atoms with Crippen molar-refractivity contribution in [2.75, 3.05) is 6.16 Å². The molecule has 0 amide bonds. The zero-order valence-corrected chi connectivity index (χ0v) is 7.66. The Kier molecular flexibility index (Phi) is 4.63. The number of hydrogen-bond acceptors (Lipinski definition) is 1. The average Bonchev–Trinajstić information content (AvgIpc) is 1.81. The second-order valence-electron chi connectivity index (χ2n) is 2.90. The molecule has 0 heterocycles. The minimum absolute atomic E-state index is 0.176. The van der Waals surface area contributed by atoms with Crippen LogP contribution in [0.3, 0.4) is 0 Å². The van der Waals surface area contributed by atoms with E-state index in [1.807, 2.05) is 13.8 Å². The molecule has 0 saturated carbocycles. The number of hydrogen-bond donors (Lipinski definition) is 1. The van der Waals surface area contributed by atoms with Crippen molar-refractivity contribution in [2.24, 2.45) is 11.8 Å². The number of aliphatic carboxylic acids is 1. The second-order valence-corrected chi connectivity index (χ2v) is 3.37. The molecule has 0 radical (unpaired) electrons. The molecule has 0 aromatic carbocycles. The van der Waals surface area contributed by atoms with Crippen molar-refractivity contribution in [1.82, 2.24) is 0 Å². The van der Waals surface area contributed by atoms with E-state index in [1.54, 1.807) is 0 Å². The van der Waals surface area contributed by atoms with Crippen LogP contribution in [0.25, 0.3) is 0 Å². The van der Waals surface area contributed by atoms with Gasteiger partial charge in [0.1, 0.15) is 0 Å². The van der Waals surface area contributed by atoms with Gasteiger partial charge in [0, 0.05) is 0 Å². The van der Waals surface area contributed by atoms with Crippen molar-refractivity contribution in [3.8, 4) is 0 Å². The van der Waals surface area contributed by atoms with E-state index in [-0.39, 0.29) is 5.92 Å². The van der Waals surface area contributed by atoms with E-state index in [2.05, 4.69) is 9.24 Å². The molecule has 0 fully saturated rings. The van der Waals surface area contributed by atoms with E-state index in [9.17, 15) is 4.79 Å². The summed E-state index contributed by atoms with van der Waals surface area (Å²) >= 11 is 0. The molecule has 2 unspecified atom stereocenters. The summed E-state index contributed by atoms with van der Waals surface area (Å²) in [7, 11) is 2.47. The van der Waals surface area contributed by atoms with Crippen molar-refractivity contribution in [1.29, 1.82) is 0 Å². The third kappa shape index (κ3) is 3.84. The van der Waals surface area contributed by atoms with Crippen molar-refractivity contribution in [3.05, 3.63) is 0 Å². The summed E-state index contributed by atoms with van der Waals surface area (Å²) in [5.74, 6) is -0.379. The summed E-state index contributed by atoms with van der Waals surface area (Å²) in [6.07, 6.45) is 1.44. The number of rotatable bonds is 4. The highest BCUT2D eigenvalue weighted by atomic mass is 31.0. The molecule has 0 aliphatic rings.